The third-order valence-electron chi connectivity index (χ3n) is 8.41. The second-order valence-corrected chi connectivity index (χ2v) is 11.3. The number of carbonyl (C=O) groups excluding carboxylic acids is 3. The van der Waals surface area contributed by atoms with E-state index in [-0.39, 0.29) is 25.4 Å². The summed E-state index contributed by atoms with van der Waals surface area (Å²) in [5.74, 6) is -1.09. The van der Waals surface area contributed by atoms with Gasteiger partial charge in [0.25, 0.3) is 5.91 Å². The number of rotatable bonds is 9. The van der Waals surface area contributed by atoms with Crippen LogP contribution in [-0.2, 0) is 28.2 Å². The molecule has 0 fully saturated rings. The van der Waals surface area contributed by atoms with Gasteiger partial charge >= 0.3 is 0 Å². The summed E-state index contributed by atoms with van der Waals surface area (Å²) in [6.07, 6.45) is 0.289. The molecule has 3 amide bonds. The van der Waals surface area contributed by atoms with E-state index in [0.29, 0.717) is 23.5 Å². The molecule has 0 bridgehead atoms. The van der Waals surface area contributed by atoms with Crippen molar-refractivity contribution < 1.29 is 23.5 Å². The molecule has 1 aliphatic rings. The van der Waals surface area contributed by atoms with Gasteiger partial charge in [0.1, 0.15) is 18.2 Å². The summed E-state index contributed by atoms with van der Waals surface area (Å²) in [5.41, 5.74) is 4.31. The number of halogens is 1. The lowest BCUT2D eigenvalue weighted by atomic mass is 9.76. The predicted octanol–water partition coefficient (Wildman–Crippen LogP) is 6.59. The fourth-order valence-electron chi connectivity index (χ4n) is 6.00. The summed E-state index contributed by atoms with van der Waals surface area (Å²) >= 11 is 0. The van der Waals surface area contributed by atoms with Gasteiger partial charge in [0.05, 0.1) is 16.6 Å². The molecule has 5 aromatic rings. The Hall–Kier alpha value is -5.37. The molecule has 0 aliphatic carbocycles. The monoisotopic (exact) mass is 601 g/mol. The van der Waals surface area contributed by atoms with Crippen molar-refractivity contribution in [1.29, 1.82) is 0 Å². The van der Waals surface area contributed by atoms with E-state index in [9.17, 15) is 18.8 Å². The van der Waals surface area contributed by atoms with Crippen molar-refractivity contribution in [2.24, 2.45) is 0 Å². The Morgan fingerprint density at radius 3 is 2.42 bits per heavy atom. The Kier molecular flexibility index (Phi) is 8.13. The highest BCUT2D eigenvalue weighted by molar-refractivity contribution is 6.02. The van der Waals surface area contributed by atoms with Crippen molar-refractivity contribution in [1.82, 2.24) is 15.2 Å². The van der Waals surface area contributed by atoms with Crippen LogP contribution >= 0.6 is 0 Å². The summed E-state index contributed by atoms with van der Waals surface area (Å²) in [5, 5.41) is 3.39. The van der Waals surface area contributed by atoms with E-state index in [4.69, 9.17) is 9.72 Å². The van der Waals surface area contributed by atoms with Gasteiger partial charge in [-0.2, -0.15) is 0 Å². The van der Waals surface area contributed by atoms with Crippen LogP contribution in [0, 0.1) is 5.82 Å². The molecule has 0 saturated heterocycles. The second-order valence-electron chi connectivity index (χ2n) is 11.3. The molecule has 226 valence electrons. The smallest absolute Gasteiger partial charge is 0.254 e. The highest BCUT2D eigenvalue weighted by Gasteiger charge is 2.43. The minimum absolute atomic E-state index is 0.0171. The van der Waals surface area contributed by atoms with Crippen LogP contribution in [-0.4, -0.2) is 34.2 Å². The molecule has 0 saturated carbocycles. The Labute approximate surface area is 260 Å². The van der Waals surface area contributed by atoms with E-state index in [0.717, 1.165) is 33.3 Å². The maximum absolute atomic E-state index is 13.8. The van der Waals surface area contributed by atoms with Crippen molar-refractivity contribution in [3.8, 4) is 17.0 Å². The fraction of sp³-hybridized carbons (Fsp3) is 0.189. The van der Waals surface area contributed by atoms with Crippen LogP contribution in [0.5, 0.6) is 5.75 Å². The summed E-state index contributed by atoms with van der Waals surface area (Å²) in [6.45, 7) is 3.66. The second kappa shape index (κ2) is 12.3. The number of imide groups is 1. The fourth-order valence-corrected chi connectivity index (χ4v) is 6.00. The average molecular weight is 602 g/mol. The van der Waals surface area contributed by atoms with Gasteiger partial charge in [-0.15, -0.1) is 0 Å². The zero-order valence-electron chi connectivity index (χ0n) is 25.0. The zero-order valence-corrected chi connectivity index (χ0v) is 25.0. The normalized spacial score (nSPS) is 13.8. The lowest BCUT2D eigenvalue weighted by molar-refractivity contribution is -0.133. The van der Waals surface area contributed by atoms with E-state index in [1.807, 2.05) is 73.7 Å². The van der Waals surface area contributed by atoms with Crippen molar-refractivity contribution in [3.63, 3.8) is 0 Å². The maximum Gasteiger partial charge on any atom is 0.254 e. The highest BCUT2D eigenvalue weighted by atomic mass is 19.1. The van der Waals surface area contributed by atoms with Gasteiger partial charge in [0.2, 0.25) is 11.8 Å². The van der Waals surface area contributed by atoms with Crippen LogP contribution in [0.1, 0.15) is 47.3 Å². The standard InChI is InChI=1S/C37H32FN3O4/c1-3-37(36(44)39-24(2)42,28-13-15-29(38)16-14-28)23-41-21-26-19-30(17-18-32(26)35(41)43)45-22-27-20-34(25-9-5-4-6-10-25)40-33-12-8-7-11-31(27)33/h4-20H,3,21-23H2,1-2H3,(H,39,42,44). The first-order valence-corrected chi connectivity index (χ1v) is 14.8. The van der Waals surface area contributed by atoms with Crippen LogP contribution < -0.4 is 10.1 Å². The van der Waals surface area contributed by atoms with Crippen LogP contribution in [0.3, 0.4) is 0 Å². The van der Waals surface area contributed by atoms with Crippen LogP contribution in [0.2, 0.25) is 0 Å². The summed E-state index contributed by atoms with van der Waals surface area (Å²) < 4.78 is 20.1. The van der Waals surface area contributed by atoms with Crippen LogP contribution in [0.4, 0.5) is 4.39 Å². The van der Waals surface area contributed by atoms with E-state index < -0.39 is 23.0 Å². The molecule has 2 heterocycles. The van der Waals surface area contributed by atoms with Crippen LogP contribution in [0.25, 0.3) is 22.2 Å². The van der Waals surface area contributed by atoms with Crippen molar-refractivity contribution in [2.45, 2.75) is 38.8 Å². The predicted molar refractivity (Wildman–Crippen MR) is 170 cm³/mol. The van der Waals surface area contributed by atoms with Crippen molar-refractivity contribution >= 4 is 28.6 Å². The molecule has 1 atom stereocenters. The first kappa shape index (κ1) is 29.7. The summed E-state index contributed by atoms with van der Waals surface area (Å²) in [7, 11) is 0. The summed E-state index contributed by atoms with van der Waals surface area (Å²) in [4.78, 5) is 45.3. The number of ether oxygens (including phenoxy) is 1. The van der Waals surface area contributed by atoms with E-state index in [1.54, 1.807) is 17.0 Å². The number of benzene rings is 4. The lowest BCUT2D eigenvalue weighted by Gasteiger charge is -2.35. The minimum atomic E-state index is -1.25. The third-order valence-corrected chi connectivity index (χ3v) is 8.41. The number of nitrogens with zero attached hydrogens (tertiary/aromatic N) is 2. The number of para-hydroxylation sites is 1. The number of amides is 3. The van der Waals surface area contributed by atoms with Gasteiger partial charge in [-0.25, -0.2) is 9.37 Å². The van der Waals surface area contributed by atoms with Gasteiger partial charge in [-0.3, -0.25) is 19.7 Å². The largest absolute Gasteiger partial charge is 0.489 e. The molecule has 4 aromatic carbocycles. The number of pyridine rings is 1. The average Bonchev–Trinajstić information content (AvgIpc) is 3.36. The number of fused-ring (bicyclic) bond motifs is 2. The molecule has 6 rings (SSSR count). The molecule has 1 N–H and O–H groups in total. The minimum Gasteiger partial charge on any atom is -0.489 e. The third kappa shape index (κ3) is 5.91. The molecule has 0 radical (unpaired) electrons. The number of aromatic nitrogens is 1. The van der Waals surface area contributed by atoms with E-state index in [2.05, 4.69) is 5.32 Å². The molecule has 8 heteroatoms. The Bertz CT molecular complexity index is 1910. The topological polar surface area (TPSA) is 88.6 Å². The lowest BCUT2D eigenvalue weighted by Crippen LogP contribution is -2.52. The van der Waals surface area contributed by atoms with Crippen LogP contribution in [0.15, 0.2) is 103 Å². The van der Waals surface area contributed by atoms with Crippen molar-refractivity contribution in [2.75, 3.05) is 6.54 Å². The number of nitrogens with one attached hydrogen (secondary N) is 1. The molecule has 0 spiro atoms. The van der Waals surface area contributed by atoms with Gasteiger partial charge in [-0.1, -0.05) is 67.6 Å². The Morgan fingerprint density at radius 2 is 1.69 bits per heavy atom. The maximum atomic E-state index is 13.8. The summed E-state index contributed by atoms with van der Waals surface area (Å²) in [6, 6.07) is 31.0. The Morgan fingerprint density at radius 1 is 0.956 bits per heavy atom. The van der Waals surface area contributed by atoms with Gasteiger partial charge in [-0.05, 0) is 60.0 Å². The number of hydrogen-bond acceptors (Lipinski definition) is 5. The quantitative estimate of drug-likeness (QED) is 0.206. The molecule has 7 nitrogen and oxygen atoms in total. The molecular weight excluding hydrogens is 569 g/mol. The van der Waals surface area contributed by atoms with Gasteiger partial charge < -0.3 is 9.64 Å². The number of hydrogen-bond donors (Lipinski definition) is 1. The number of carbonyl (C=O) groups is 3. The van der Waals surface area contributed by atoms with E-state index in [1.165, 1.54) is 31.2 Å². The zero-order chi connectivity index (χ0) is 31.6. The molecule has 1 aliphatic heterocycles. The van der Waals surface area contributed by atoms with Gasteiger partial charge in [0, 0.05) is 42.1 Å². The highest BCUT2D eigenvalue weighted by Crippen LogP contribution is 2.35. The van der Waals surface area contributed by atoms with Gasteiger partial charge in [0.15, 0.2) is 0 Å². The Balaban J connectivity index is 1.25. The molecular formula is C37H32FN3O4. The molecule has 1 unspecified atom stereocenters. The van der Waals surface area contributed by atoms with E-state index >= 15 is 0 Å². The molecule has 45 heavy (non-hydrogen) atoms. The SMILES string of the molecule is CCC(CN1Cc2cc(OCc3cc(-c4ccccc4)nc4ccccc34)ccc2C1=O)(C(=O)NC(C)=O)c1ccc(F)cc1. The first-order valence-electron chi connectivity index (χ1n) is 14.8. The molecule has 1 aromatic heterocycles. The van der Waals surface area contributed by atoms with Crippen molar-refractivity contribution in [3.05, 3.63) is 131 Å². The first-order chi connectivity index (χ1) is 21.8.